The third-order valence-corrected chi connectivity index (χ3v) is 3.75. The number of esters is 1. The van der Waals surface area contributed by atoms with Gasteiger partial charge in [-0.3, -0.25) is 14.2 Å². The number of aliphatic carboxylic acids is 1. The van der Waals surface area contributed by atoms with E-state index >= 15 is 0 Å². The van der Waals surface area contributed by atoms with Crippen LogP contribution in [0.3, 0.4) is 0 Å². The van der Waals surface area contributed by atoms with Crippen molar-refractivity contribution in [3.63, 3.8) is 0 Å². The molecule has 0 aliphatic carbocycles. The standard InChI is InChI=1S/C13H18FN3O5.C4H8O2.C2H6/c1-6(2)12(19)21-5-7-3-9(18)11(22-7)17-4-8(14)10(15)16-13(17)20;1-3(2)4(5)6;1-2/h4,6-7,9,11,18H,3,5H2,1-2H3,(H2,15,16,20);3H,1-2H3,(H,5,6);1-2H3. The van der Waals surface area contributed by atoms with Crippen LogP contribution in [0.4, 0.5) is 10.2 Å². The van der Waals surface area contributed by atoms with Gasteiger partial charge >= 0.3 is 17.6 Å². The van der Waals surface area contributed by atoms with Gasteiger partial charge in [-0.15, -0.1) is 0 Å². The first-order valence-electron chi connectivity index (χ1n) is 9.71. The zero-order valence-corrected chi connectivity index (χ0v) is 18.2. The Morgan fingerprint density at radius 3 is 2.33 bits per heavy atom. The highest BCUT2D eigenvalue weighted by Crippen LogP contribution is 2.28. The van der Waals surface area contributed by atoms with Gasteiger partial charge in [0.15, 0.2) is 17.9 Å². The van der Waals surface area contributed by atoms with Crippen molar-refractivity contribution in [1.29, 1.82) is 0 Å². The van der Waals surface area contributed by atoms with Crippen molar-refractivity contribution in [2.75, 3.05) is 12.3 Å². The van der Waals surface area contributed by atoms with E-state index in [0.29, 0.717) is 0 Å². The first-order chi connectivity index (χ1) is 13.9. The summed E-state index contributed by atoms with van der Waals surface area (Å²) in [5.74, 6) is -3.04. The maximum atomic E-state index is 13.4. The topological polar surface area (TPSA) is 154 Å². The first-order valence-corrected chi connectivity index (χ1v) is 9.71. The smallest absolute Gasteiger partial charge is 0.351 e. The lowest BCUT2D eigenvalue weighted by molar-refractivity contribution is -0.152. The molecule has 4 N–H and O–H groups in total. The van der Waals surface area contributed by atoms with Crippen LogP contribution in [-0.4, -0.2) is 50.5 Å². The van der Waals surface area contributed by atoms with Gasteiger partial charge < -0.3 is 25.4 Å². The molecule has 0 bridgehead atoms. The second-order valence-corrected chi connectivity index (χ2v) is 6.89. The molecule has 172 valence electrons. The summed E-state index contributed by atoms with van der Waals surface area (Å²) in [5, 5.41) is 18.0. The van der Waals surface area contributed by atoms with Gasteiger partial charge in [-0.25, -0.2) is 9.18 Å². The molecule has 0 aromatic carbocycles. The third kappa shape index (κ3) is 8.46. The molecule has 0 saturated carbocycles. The van der Waals surface area contributed by atoms with Crippen LogP contribution in [0, 0.1) is 17.7 Å². The summed E-state index contributed by atoms with van der Waals surface area (Å²) in [6.45, 7) is 10.6. The summed E-state index contributed by atoms with van der Waals surface area (Å²) in [6, 6.07) is 0. The van der Waals surface area contributed by atoms with E-state index in [2.05, 4.69) is 4.98 Å². The Bertz CT molecular complexity index is 752. The van der Waals surface area contributed by atoms with Crippen molar-refractivity contribution in [3.05, 3.63) is 22.5 Å². The Morgan fingerprint density at radius 2 is 1.87 bits per heavy atom. The van der Waals surface area contributed by atoms with Crippen molar-refractivity contribution in [1.82, 2.24) is 9.55 Å². The largest absolute Gasteiger partial charge is 0.481 e. The Balaban J connectivity index is 0.000000905. The molecule has 1 saturated heterocycles. The molecule has 11 heteroatoms. The molecule has 1 aliphatic rings. The lowest BCUT2D eigenvalue weighted by Crippen LogP contribution is -2.32. The van der Waals surface area contributed by atoms with Crippen molar-refractivity contribution >= 4 is 17.8 Å². The number of halogens is 1. The molecule has 2 heterocycles. The van der Waals surface area contributed by atoms with Crippen LogP contribution in [0.5, 0.6) is 0 Å². The number of ether oxygens (including phenoxy) is 2. The van der Waals surface area contributed by atoms with Crippen molar-refractivity contribution < 1.29 is 33.7 Å². The number of carboxylic acids is 1. The highest BCUT2D eigenvalue weighted by atomic mass is 19.1. The van der Waals surface area contributed by atoms with Gasteiger partial charge in [-0.05, 0) is 0 Å². The number of rotatable bonds is 5. The predicted octanol–water partition coefficient (Wildman–Crippen LogP) is 1.57. The number of nitrogen functional groups attached to an aromatic ring is 1. The number of aliphatic hydroxyl groups excluding tert-OH is 1. The fraction of sp³-hybridized carbons (Fsp3) is 0.684. The quantitative estimate of drug-likeness (QED) is 0.587. The van der Waals surface area contributed by atoms with E-state index in [-0.39, 0.29) is 30.8 Å². The third-order valence-electron chi connectivity index (χ3n) is 3.75. The van der Waals surface area contributed by atoms with Crippen LogP contribution in [-0.2, 0) is 19.1 Å². The SMILES string of the molecule is CC.CC(C)C(=O)O.CC(C)C(=O)OCC1CC(O)C(n2cc(F)c(N)nc2=O)O1. The molecular formula is C19H32FN3O7. The van der Waals surface area contributed by atoms with Crippen LogP contribution < -0.4 is 11.4 Å². The van der Waals surface area contributed by atoms with Gasteiger partial charge in [-0.2, -0.15) is 4.98 Å². The summed E-state index contributed by atoms with van der Waals surface area (Å²) >= 11 is 0. The van der Waals surface area contributed by atoms with Gasteiger partial charge in [-0.1, -0.05) is 41.5 Å². The van der Waals surface area contributed by atoms with Crippen LogP contribution >= 0.6 is 0 Å². The minimum absolute atomic E-state index is 0.0514. The number of anilines is 1. The molecule has 1 fully saturated rings. The summed E-state index contributed by atoms with van der Waals surface area (Å²) in [7, 11) is 0. The molecule has 0 amide bonds. The van der Waals surface area contributed by atoms with Gasteiger partial charge in [0.2, 0.25) is 0 Å². The number of nitrogens with zero attached hydrogens (tertiary/aromatic N) is 2. The van der Waals surface area contributed by atoms with Crippen molar-refractivity contribution in [2.24, 2.45) is 11.8 Å². The van der Waals surface area contributed by atoms with E-state index in [1.807, 2.05) is 13.8 Å². The first kappa shape index (κ1) is 27.5. The number of hydrogen-bond donors (Lipinski definition) is 3. The molecule has 0 radical (unpaired) electrons. The zero-order valence-electron chi connectivity index (χ0n) is 18.2. The van der Waals surface area contributed by atoms with Crippen molar-refractivity contribution in [3.8, 4) is 0 Å². The minimum Gasteiger partial charge on any atom is -0.481 e. The molecule has 1 aromatic heterocycles. The molecule has 30 heavy (non-hydrogen) atoms. The molecule has 0 spiro atoms. The Hall–Kier alpha value is -2.53. The van der Waals surface area contributed by atoms with Crippen LogP contribution in [0.2, 0.25) is 0 Å². The molecule has 3 unspecified atom stereocenters. The van der Waals surface area contributed by atoms with E-state index in [1.54, 1.807) is 27.7 Å². The van der Waals surface area contributed by atoms with Crippen LogP contribution in [0.15, 0.2) is 11.0 Å². The number of carbonyl (C=O) groups excluding carboxylic acids is 1. The molecule has 1 aliphatic heterocycles. The fourth-order valence-corrected chi connectivity index (χ4v) is 2.07. The second-order valence-electron chi connectivity index (χ2n) is 6.89. The summed E-state index contributed by atoms with van der Waals surface area (Å²) in [6.07, 6.45) is -1.76. The Labute approximate surface area is 174 Å². The van der Waals surface area contributed by atoms with E-state index in [0.717, 1.165) is 10.8 Å². The molecular weight excluding hydrogens is 401 g/mol. The minimum atomic E-state index is -1.10. The number of aromatic nitrogens is 2. The van der Waals surface area contributed by atoms with Crippen LogP contribution in [0.25, 0.3) is 0 Å². The highest BCUT2D eigenvalue weighted by molar-refractivity contribution is 5.71. The maximum absolute atomic E-state index is 13.4. The number of carboxylic acid groups (broad SMARTS) is 1. The lowest BCUT2D eigenvalue weighted by atomic mass is 10.2. The maximum Gasteiger partial charge on any atom is 0.351 e. The molecule has 3 atom stereocenters. The summed E-state index contributed by atoms with van der Waals surface area (Å²) in [4.78, 5) is 36.1. The zero-order chi connectivity index (χ0) is 23.6. The average molecular weight is 433 g/mol. The van der Waals surface area contributed by atoms with Gasteiger partial charge in [0.1, 0.15) is 12.7 Å². The van der Waals surface area contributed by atoms with Crippen molar-refractivity contribution in [2.45, 2.75) is 66.4 Å². The van der Waals surface area contributed by atoms with Gasteiger partial charge in [0, 0.05) is 6.42 Å². The van der Waals surface area contributed by atoms with Gasteiger partial charge in [0.25, 0.3) is 0 Å². The van der Waals surface area contributed by atoms with E-state index < -0.39 is 41.7 Å². The second kappa shape index (κ2) is 12.9. The number of nitrogens with two attached hydrogens (primary N) is 1. The van der Waals surface area contributed by atoms with Crippen LogP contribution in [0.1, 0.15) is 54.2 Å². The summed E-state index contributed by atoms with van der Waals surface area (Å²) in [5.41, 5.74) is 4.37. The molecule has 10 nitrogen and oxygen atoms in total. The average Bonchev–Trinajstić information content (AvgIpc) is 3.05. The number of aliphatic hydroxyl groups is 1. The van der Waals surface area contributed by atoms with E-state index in [9.17, 15) is 23.9 Å². The monoisotopic (exact) mass is 433 g/mol. The lowest BCUT2D eigenvalue weighted by Gasteiger charge is -2.17. The molecule has 2 rings (SSSR count). The van der Waals surface area contributed by atoms with E-state index in [1.165, 1.54) is 0 Å². The number of carbonyl (C=O) groups is 2. The molecule has 1 aromatic rings. The normalized spacial score (nSPS) is 20.1. The fourth-order valence-electron chi connectivity index (χ4n) is 2.07. The Morgan fingerprint density at radius 1 is 1.33 bits per heavy atom. The number of hydrogen-bond acceptors (Lipinski definition) is 8. The van der Waals surface area contributed by atoms with Gasteiger partial charge in [0.05, 0.1) is 24.1 Å². The Kier molecular flexibility index (Phi) is 11.8. The highest BCUT2D eigenvalue weighted by Gasteiger charge is 2.37. The predicted molar refractivity (Wildman–Crippen MR) is 107 cm³/mol. The summed E-state index contributed by atoms with van der Waals surface area (Å²) < 4.78 is 24.7. The van der Waals surface area contributed by atoms with E-state index in [4.69, 9.17) is 20.3 Å².